The zero-order valence-corrected chi connectivity index (χ0v) is 10.5. The van der Waals surface area contributed by atoms with Gasteiger partial charge in [-0.2, -0.15) is 0 Å². The van der Waals surface area contributed by atoms with Gasteiger partial charge in [0, 0.05) is 32.7 Å². The lowest BCUT2D eigenvalue weighted by molar-refractivity contribution is 0.0692. The Labute approximate surface area is 109 Å². The molecule has 2 aromatic rings. The van der Waals surface area contributed by atoms with Crippen molar-refractivity contribution in [2.45, 2.75) is 6.54 Å². The highest BCUT2D eigenvalue weighted by atomic mass is 19.1. The first-order valence-electron chi connectivity index (χ1n) is 5.56. The Morgan fingerprint density at radius 1 is 1.47 bits per heavy atom. The number of rotatable bonds is 4. The second kappa shape index (κ2) is 5.05. The van der Waals surface area contributed by atoms with Gasteiger partial charge in [-0.05, 0) is 6.07 Å². The van der Waals surface area contributed by atoms with Crippen molar-refractivity contribution >= 4 is 11.8 Å². The van der Waals surface area contributed by atoms with Gasteiger partial charge in [0.25, 0.3) is 0 Å². The van der Waals surface area contributed by atoms with Crippen molar-refractivity contribution in [3.63, 3.8) is 0 Å². The van der Waals surface area contributed by atoms with E-state index in [0.717, 1.165) is 11.9 Å². The molecule has 0 aliphatic rings. The summed E-state index contributed by atoms with van der Waals surface area (Å²) in [5.41, 5.74) is -0.392. The summed E-state index contributed by atoms with van der Waals surface area (Å²) in [7, 11) is 3.46. The van der Waals surface area contributed by atoms with Gasteiger partial charge in [-0.15, -0.1) is 0 Å². The lowest BCUT2D eigenvalue weighted by Gasteiger charge is -2.18. The zero-order valence-electron chi connectivity index (χ0n) is 10.5. The summed E-state index contributed by atoms with van der Waals surface area (Å²) in [6, 6.07) is 1.13. The number of aryl methyl sites for hydroxylation is 1. The van der Waals surface area contributed by atoms with E-state index < -0.39 is 17.3 Å². The maximum absolute atomic E-state index is 14.0. The van der Waals surface area contributed by atoms with E-state index in [1.54, 1.807) is 24.0 Å². The highest BCUT2D eigenvalue weighted by molar-refractivity contribution is 5.88. The average Bonchev–Trinajstić information content (AvgIpc) is 2.74. The number of aromatic nitrogens is 3. The van der Waals surface area contributed by atoms with Gasteiger partial charge < -0.3 is 14.6 Å². The van der Waals surface area contributed by atoms with Crippen LogP contribution in [0.1, 0.15) is 16.2 Å². The third kappa shape index (κ3) is 2.54. The number of carbonyl (C=O) groups is 1. The normalized spacial score (nSPS) is 10.5. The molecule has 0 atom stereocenters. The summed E-state index contributed by atoms with van der Waals surface area (Å²) in [6.45, 7) is 0.330. The van der Waals surface area contributed by atoms with Gasteiger partial charge in [-0.25, -0.2) is 19.2 Å². The molecule has 0 fully saturated rings. The van der Waals surface area contributed by atoms with Gasteiger partial charge in [0.2, 0.25) is 0 Å². The van der Waals surface area contributed by atoms with Gasteiger partial charge in [0.05, 0.1) is 6.54 Å². The third-order valence-corrected chi connectivity index (χ3v) is 2.76. The molecule has 0 aliphatic carbocycles. The third-order valence-electron chi connectivity index (χ3n) is 2.76. The molecule has 0 saturated heterocycles. The molecule has 0 amide bonds. The van der Waals surface area contributed by atoms with E-state index in [-0.39, 0.29) is 5.82 Å². The maximum Gasteiger partial charge on any atom is 0.338 e. The second-order valence-corrected chi connectivity index (χ2v) is 4.11. The van der Waals surface area contributed by atoms with E-state index in [4.69, 9.17) is 5.11 Å². The van der Waals surface area contributed by atoms with E-state index >= 15 is 0 Å². The summed E-state index contributed by atoms with van der Waals surface area (Å²) < 4.78 is 15.8. The zero-order chi connectivity index (χ0) is 14.0. The molecule has 0 bridgehead atoms. The van der Waals surface area contributed by atoms with Crippen molar-refractivity contribution in [2.24, 2.45) is 7.05 Å². The van der Waals surface area contributed by atoms with Gasteiger partial charge in [-0.1, -0.05) is 0 Å². The highest BCUT2D eigenvalue weighted by Crippen LogP contribution is 2.19. The Kier molecular flexibility index (Phi) is 3.46. The molecule has 0 aliphatic heterocycles. The van der Waals surface area contributed by atoms with E-state index in [2.05, 4.69) is 9.97 Å². The minimum absolute atomic E-state index is 0.0112. The van der Waals surface area contributed by atoms with Crippen molar-refractivity contribution in [1.29, 1.82) is 0 Å². The van der Waals surface area contributed by atoms with Crippen molar-refractivity contribution in [3.8, 4) is 0 Å². The number of hydrogen-bond donors (Lipinski definition) is 1. The number of carboxylic acid groups (broad SMARTS) is 1. The van der Waals surface area contributed by atoms with E-state index in [9.17, 15) is 9.18 Å². The fourth-order valence-electron chi connectivity index (χ4n) is 1.70. The van der Waals surface area contributed by atoms with Crippen LogP contribution in [0, 0.1) is 5.82 Å². The molecule has 0 aromatic carbocycles. The number of nitrogens with zero attached hydrogens (tertiary/aromatic N) is 4. The Balaban J connectivity index is 2.29. The summed E-state index contributed by atoms with van der Waals surface area (Å²) in [5.74, 6) is -1.44. The van der Waals surface area contributed by atoms with Crippen LogP contribution in [0.2, 0.25) is 0 Å². The van der Waals surface area contributed by atoms with Crippen molar-refractivity contribution in [2.75, 3.05) is 11.9 Å². The van der Waals surface area contributed by atoms with Gasteiger partial charge in [0.1, 0.15) is 11.4 Å². The summed E-state index contributed by atoms with van der Waals surface area (Å²) in [4.78, 5) is 20.4. The average molecular weight is 264 g/mol. The predicted molar refractivity (Wildman–Crippen MR) is 66.5 cm³/mol. The molecule has 1 N–H and O–H groups in total. The molecule has 100 valence electrons. The molecular weight excluding hydrogens is 251 g/mol. The Bertz CT molecular complexity index is 612. The van der Waals surface area contributed by atoms with E-state index in [1.165, 1.54) is 11.1 Å². The lowest BCUT2D eigenvalue weighted by atomic mass is 10.2. The summed E-state index contributed by atoms with van der Waals surface area (Å²) in [5, 5.41) is 8.87. The molecule has 0 spiro atoms. The monoisotopic (exact) mass is 264 g/mol. The van der Waals surface area contributed by atoms with Crippen molar-refractivity contribution < 1.29 is 14.3 Å². The molecular formula is C12H13FN4O2. The smallest absolute Gasteiger partial charge is 0.338 e. The second-order valence-electron chi connectivity index (χ2n) is 4.11. The quantitative estimate of drug-likeness (QED) is 0.901. The minimum atomic E-state index is -1.31. The molecule has 7 heteroatoms. The first-order chi connectivity index (χ1) is 9.00. The predicted octanol–water partition coefficient (Wildman–Crippen LogP) is 1.29. The van der Waals surface area contributed by atoms with E-state index in [1.807, 2.05) is 7.05 Å². The fourth-order valence-corrected chi connectivity index (χ4v) is 1.70. The molecule has 0 unspecified atom stereocenters. The lowest BCUT2D eigenvalue weighted by Crippen LogP contribution is -2.22. The molecule has 19 heavy (non-hydrogen) atoms. The van der Waals surface area contributed by atoms with Crippen LogP contribution in [0.4, 0.5) is 10.2 Å². The number of aromatic carboxylic acids is 1. The van der Waals surface area contributed by atoms with Crippen LogP contribution in [0.5, 0.6) is 0 Å². The number of imidazole rings is 1. The maximum atomic E-state index is 14.0. The first kappa shape index (κ1) is 13.0. The Morgan fingerprint density at radius 3 is 2.79 bits per heavy atom. The minimum Gasteiger partial charge on any atom is -0.478 e. The fraction of sp³-hybridized carbons (Fsp3) is 0.250. The van der Waals surface area contributed by atoms with Crippen LogP contribution in [0.15, 0.2) is 24.7 Å². The molecule has 0 saturated carbocycles. The molecule has 2 aromatic heterocycles. The number of pyridine rings is 1. The number of hydrogen-bond acceptors (Lipinski definition) is 4. The van der Waals surface area contributed by atoms with Gasteiger partial charge in [0.15, 0.2) is 11.6 Å². The molecule has 0 radical (unpaired) electrons. The first-order valence-corrected chi connectivity index (χ1v) is 5.56. The van der Waals surface area contributed by atoms with Crippen LogP contribution < -0.4 is 4.90 Å². The SMILES string of the molecule is CN(Cc1nccn1C)c1nccc(C(=O)O)c1F. The van der Waals surface area contributed by atoms with Crippen molar-refractivity contribution in [3.05, 3.63) is 41.9 Å². The van der Waals surface area contributed by atoms with Crippen LogP contribution in [0.3, 0.4) is 0 Å². The Hall–Kier alpha value is -2.44. The van der Waals surface area contributed by atoms with Crippen LogP contribution in [-0.2, 0) is 13.6 Å². The summed E-state index contributed by atoms with van der Waals surface area (Å²) >= 11 is 0. The number of halogens is 1. The summed E-state index contributed by atoms with van der Waals surface area (Å²) in [6.07, 6.45) is 4.69. The largest absolute Gasteiger partial charge is 0.478 e. The standard InChI is InChI=1S/C12H13FN4O2/c1-16-6-5-14-9(16)7-17(2)11-10(13)8(12(18)19)3-4-15-11/h3-6H,7H2,1-2H3,(H,18,19). The number of carboxylic acids is 1. The van der Waals surface area contributed by atoms with Crippen LogP contribution >= 0.6 is 0 Å². The highest BCUT2D eigenvalue weighted by Gasteiger charge is 2.18. The van der Waals surface area contributed by atoms with Crippen LogP contribution in [-0.4, -0.2) is 32.7 Å². The number of anilines is 1. The topological polar surface area (TPSA) is 71.2 Å². The van der Waals surface area contributed by atoms with Crippen molar-refractivity contribution in [1.82, 2.24) is 14.5 Å². The van der Waals surface area contributed by atoms with Gasteiger partial charge in [-0.3, -0.25) is 0 Å². The van der Waals surface area contributed by atoms with Crippen LogP contribution in [0.25, 0.3) is 0 Å². The van der Waals surface area contributed by atoms with Gasteiger partial charge >= 0.3 is 5.97 Å². The van der Waals surface area contributed by atoms with E-state index in [0.29, 0.717) is 6.54 Å². The Morgan fingerprint density at radius 2 is 2.21 bits per heavy atom. The molecule has 2 rings (SSSR count). The molecule has 2 heterocycles. The molecule has 6 nitrogen and oxygen atoms in total.